The summed E-state index contributed by atoms with van der Waals surface area (Å²) in [6.07, 6.45) is 0. The minimum absolute atomic E-state index is 0.880. The van der Waals surface area contributed by atoms with Crippen LogP contribution in [-0.4, -0.2) is 7.11 Å². The summed E-state index contributed by atoms with van der Waals surface area (Å²) < 4.78 is 5.29. The van der Waals surface area contributed by atoms with Crippen molar-refractivity contribution in [2.24, 2.45) is 0 Å². The van der Waals surface area contributed by atoms with Crippen LogP contribution in [0.4, 0.5) is 0 Å². The van der Waals surface area contributed by atoms with E-state index in [4.69, 9.17) is 4.74 Å². The van der Waals surface area contributed by atoms with Gasteiger partial charge in [-0.3, -0.25) is 0 Å². The molecule has 0 aromatic heterocycles. The molecule has 0 spiro atoms. The average Bonchev–Trinajstić information content (AvgIpc) is 2.39. The fourth-order valence-corrected chi connectivity index (χ4v) is 1.68. The number of hydrogen-bond acceptors (Lipinski definition) is 1. The zero-order valence-electron chi connectivity index (χ0n) is 10.9. The molecule has 18 heavy (non-hydrogen) atoms. The SMILES string of the molecule is COc1cc(C#Cc2ccc(C)cc2)ccc1C. The first kappa shape index (κ1) is 12.3. The highest BCUT2D eigenvalue weighted by atomic mass is 16.5. The fraction of sp³-hybridized carbons (Fsp3) is 0.176. The summed E-state index contributed by atoms with van der Waals surface area (Å²) in [5.41, 5.74) is 4.37. The van der Waals surface area contributed by atoms with Crippen LogP contribution in [0, 0.1) is 25.7 Å². The topological polar surface area (TPSA) is 9.23 Å². The van der Waals surface area contributed by atoms with Gasteiger partial charge in [0.05, 0.1) is 7.11 Å². The second-order valence-electron chi connectivity index (χ2n) is 4.30. The lowest BCUT2D eigenvalue weighted by molar-refractivity contribution is 0.411. The molecule has 1 heteroatoms. The Balaban J connectivity index is 2.27. The molecule has 2 rings (SSSR count). The van der Waals surface area contributed by atoms with Crippen LogP contribution in [0.5, 0.6) is 5.75 Å². The molecule has 0 atom stereocenters. The standard InChI is InChI=1S/C17H16O/c1-13-4-7-15(8-5-13)10-11-16-9-6-14(2)17(12-16)18-3/h4-9,12H,1-3H3. The van der Waals surface area contributed by atoms with Crippen LogP contribution >= 0.6 is 0 Å². The Hall–Kier alpha value is -2.20. The highest BCUT2D eigenvalue weighted by Gasteiger charge is 1.97. The number of aryl methyl sites for hydroxylation is 2. The smallest absolute Gasteiger partial charge is 0.123 e. The van der Waals surface area contributed by atoms with Gasteiger partial charge >= 0.3 is 0 Å². The molecule has 0 fully saturated rings. The average molecular weight is 236 g/mol. The molecule has 0 heterocycles. The summed E-state index contributed by atoms with van der Waals surface area (Å²) in [5, 5.41) is 0. The molecule has 0 saturated carbocycles. The minimum atomic E-state index is 0.880. The van der Waals surface area contributed by atoms with Crippen LogP contribution < -0.4 is 4.74 Å². The van der Waals surface area contributed by atoms with Crippen molar-refractivity contribution in [2.45, 2.75) is 13.8 Å². The van der Waals surface area contributed by atoms with Gasteiger partial charge in [-0.05, 0) is 43.7 Å². The molecule has 0 saturated heterocycles. The number of rotatable bonds is 1. The Morgan fingerprint density at radius 2 is 1.44 bits per heavy atom. The highest BCUT2D eigenvalue weighted by Crippen LogP contribution is 2.18. The van der Waals surface area contributed by atoms with Gasteiger partial charge < -0.3 is 4.74 Å². The van der Waals surface area contributed by atoms with E-state index in [-0.39, 0.29) is 0 Å². The predicted octanol–water partition coefficient (Wildman–Crippen LogP) is 3.71. The van der Waals surface area contributed by atoms with Gasteiger partial charge in [0.1, 0.15) is 5.75 Å². The van der Waals surface area contributed by atoms with Crippen molar-refractivity contribution in [2.75, 3.05) is 7.11 Å². The molecule has 0 bridgehead atoms. The van der Waals surface area contributed by atoms with E-state index in [2.05, 4.69) is 30.9 Å². The van der Waals surface area contributed by atoms with E-state index in [0.29, 0.717) is 0 Å². The number of methoxy groups -OCH3 is 1. The molecule has 1 nitrogen and oxygen atoms in total. The Morgan fingerprint density at radius 1 is 0.833 bits per heavy atom. The summed E-state index contributed by atoms with van der Waals surface area (Å²) in [6.45, 7) is 4.10. The van der Waals surface area contributed by atoms with Crippen molar-refractivity contribution in [1.29, 1.82) is 0 Å². The van der Waals surface area contributed by atoms with E-state index in [1.54, 1.807) is 7.11 Å². The van der Waals surface area contributed by atoms with E-state index in [9.17, 15) is 0 Å². The quantitative estimate of drug-likeness (QED) is 0.686. The second-order valence-corrected chi connectivity index (χ2v) is 4.30. The fourth-order valence-electron chi connectivity index (χ4n) is 1.68. The maximum Gasteiger partial charge on any atom is 0.123 e. The maximum atomic E-state index is 5.29. The van der Waals surface area contributed by atoms with Crippen LogP contribution in [0.1, 0.15) is 22.3 Å². The zero-order valence-corrected chi connectivity index (χ0v) is 10.9. The van der Waals surface area contributed by atoms with Crippen molar-refractivity contribution < 1.29 is 4.74 Å². The molecular weight excluding hydrogens is 220 g/mol. The summed E-state index contributed by atoms with van der Waals surface area (Å²) in [5.74, 6) is 7.19. The molecule has 0 unspecified atom stereocenters. The monoisotopic (exact) mass is 236 g/mol. The predicted molar refractivity (Wildman–Crippen MR) is 74.9 cm³/mol. The Kier molecular flexibility index (Phi) is 3.69. The zero-order chi connectivity index (χ0) is 13.0. The van der Waals surface area contributed by atoms with Gasteiger partial charge in [0.2, 0.25) is 0 Å². The van der Waals surface area contributed by atoms with Crippen LogP contribution in [0.3, 0.4) is 0 Å². The first-order valence-corrected chi connectivity index (χ1v) is 5.92. The van der Waals surface area contributed by atoms with Crippen molar-refractivity contribution >= 4 is 0 Å². The Morgan fingerprint density at radius 3 is 2.11 bits per heavy atom. The van der Waals surface area contributed by atoms with E-state index in [1.165, 1.54) is 5.56 Å². The first-order valence-electron chi connectivity index (χ1n) is 5.92. The Labute approximate surface area is 108 Å². The molecule has 0 aliphatic heterocycles. The largest absolute Gasteiger partial charge is 0.496 e. The van der Waals surface area contributed by atoms with Crippen molar-refractivity contribution in [3.05, 3.63) is 64.7 Å². The number of benzene rings is 2. The molecule has 0 aliphatic carbocycles. The molecule has 0 aliphatic rings. The van der Waals surface area contributed by atoms with Crippen LogP contribution in [-0.2, 0) is 0 Å². The van der Waals surface area contributed by atoms with Crippen molar-refractivity contribution in [3.8, 4) is 17.6 Å². The minimum Gasteiger partial charge on any atom is -0.496 e. The van der Waals surface area contributed by atoms with Gasteiger partial charge in [0.25, 0.3) is 0 Å². The van der Waals surface area contributed by atoms with Crippen molar-refractivity contribution in [1.82, 2.24) is 0 Å². The number of ether oxygens (including phenoxy) is 1. The van der Waals surface area contributed by atoms with E-state index in [0.717, 1.165) is 22.4 Å². The molecule has 2 aromatic carbocycles. The lowest BCUT2D eigenvalue weighted by Crippen LogP contribution is -1.87. The summed E-state index contributed by atoms with van der Waals surface area (Å²) in [6, 6.07) is 14.2. The van der Waals surface area contributed by atoms with Crippen molar-refractivity contribution in [3.63, 3.8) is 0 Å². The van der Waals surface area contributed by atoms with Gasteiger partial charge in [-0.1, -0.05) is 35.6 Å². The van der Waals surface area contributed by atoms with Gasteiger partial charge in [-0.25, -0.2) is 0 Å². The molecule has 0 N–H and O–H groups in total. The van der Waals surface area contributed by atoms with Gasteiger partial charge in [0.15, 0.2) is 0 Å². The molecule has 2 aromatic rings. The third-order valence-electron chi connectivity index (χ3n) is 2.81. The second kappa shape index (κ2) is 5.42. The van der Waals surface area contributed by atoms with Crippen LogP contribution in [0.2, 0.25) is 0 Å². The summed E-state index contributed by atoms with van der Waals surface area (Å²) >= 11 is 0. The van der Waals surface area contributed by atoms with E-state index >= 15 is 0 Å². The molecular formula is C17H16O. The third kappa shape index (κ3) is 2.93. The van der Waals surface area contributed by atoms with Gasteiger partial charge in [-0.2, -0.15) is 0 Å². The van der Waals surface area contributed by atoms with E-state index in [1.807, 2.05) is 37.3 Å². The highest BCUT2D eigenvalue weighted by molar-refractivity contribution is 5.47. The van der Waals surface area contributed by atoms with Crippen LogP contribution in [0.15, 0.2) is 42.5 Å². The third-order valence-corrected chi connectivity index (χ3v) is 2.81. The normalized spacial score (nSPS) is 9.50. The van der Waals surface area contributed by atoms with Gasteiger partial charge in [0, 0.05) is 11.1 Å². The molecule has 0 radical (unpaired) electrons. The summed E-state index contributed by atoms with van der Waals surface area (Å²) in [4.78, 5) is 0. The first-order chi connectivity index (χ1) is 8.69. The van der Waals surface area contributed by atoms with E-state index < -0.39 is 0 Å². The Bertz CT molecular complexity index is 598. The molecule has 0 amide bonds. The number of hydrogen-bond donors (Lipinski definition) is 0. The van der Waals surface area contributed by atoms with Crippen LogP contribution in [0.25, 0.3) is 0 Å². The van der Waals surface area contributed by atoms with Gasteiger partial charge in [-0.15, -0.1) is 0 Å². The summed E-state index contributed by atoms with van der Waals surface area (Å²) in [7, 11) is 1.68. The lowest BCUT2D eigenvalue weighted by Gasteiger charge is -2.03. The molecule has 90 valence electrons. The lowest BCUT2D eigenvalue weighted by atomic mass is 10.1. The maximum absolute atomic E-state index is 5.29.